The quantitative estimate of drug-likeness (QED) is 0.541. The van der Waals surface area contributed by atoms with Gasteiger partial charge >= 0.3 is 0 Å². The van der Waals surface area contributed by atoms with Gasteiger partial charge in [-0.3, -0.25) is 9.69 Å². The van der Waals surface area contributed by atoms with E-state index in [1.807, 2.05) is 42.2 Å². The number of amides is 1. The summed E-state index contributed by atoms with van der Waals surface area (Å²) in [6.07, 6.45) is 3.18. The maximum atomic E-state index is 13.1. The van der Waals surface area contributed by atoms with Gasteiger partial charge in [0.1, 0.15) is 5.70 Å². The molecule has 1 fully saturated rings. The molecule has 0 bridgehead atoms. The number of nitrogens with zero attached hydrogens (tertiary/aromatic N) is 3. The minimum absolute atomic E-state index is 0.0861. The van der Waals surface area contributed by atoms with E-state index in [1.165, 1.54) is 15.9 Å². The number of allylic oxidation sites excluding steroid dienone is 2. The van der Waals surface area contributed by atoms with E-state index in [0.717, 1.165) is 11.4 Å². The monoisotopic (exact) mass is 420 g/mol. The number of carboxylic acid groups (broad SMARTS) is 1. The zero-order chi connectivity index (χ0) is 21.3. The number of carbonyl (C=O) groups excluding carboxylic acids is 2. The van der Waals surface area contributed by atoms with E-state index < -0.39 is 18.4 Å². The number of rotatable bonds is 5. The first-order chi connectivity index (χ1) is 14.5. The molecule has 2 aromatic rings. The SMILES string of the molecule is CCN1/C(=C\C=C2/C(=O)N(c3ccccc3)C(=S)N2CC(=O)[O-])Oc2ccccc21. The number of para-hydroxylation sites is 3. The van der Waals surface area contributed by atoms with Gasteiger partial charge in [-0.15, -0.1) is 0 Å². The highest BCUT2D eigenvalue weighted by Crippen LogP contribution is 2.38. The lowest BCUT2D eigenvalue weighted by Gasteiger charge is -2.20. The van der Waals surface area contributed by atoms with E-state index >= 15 is 0 Å². The molecule has 0 saturated carbocycles. The average Bonchev–Trinajstić information content (AvgIpc) is 3.21. The van der Waals surface area contributed by atoms with Crippen LogP contribution in [0.15, 0.2) is 78.3 Å². The Labute approximate surface area is 179 Å². The molecule has 0 aliphatic carbocycles. The zero-order valence-electron chi connectivity index (χ0n) is 16.1. The maximum absolute atomic E-state index is 13.1. The van der Waals surface area contributed by atoms with Crippen LogP contribution in [0, 0.1) is 0 Å². The standard InChI is InChI=1S/C22H19N3O4S/c1-2-23-16-10-6-7-11-18(16)29-19(23)13-12-17-21(28)25(15-8-4-3-5-9-15)22(30)24(17)14-20(26)27/h3-13H,2,14H2,1H3,(H,26,27)/p-1/b17-12+,19-13+. The van der Waals surface area contributed by atoms with Crippen LogP contribution in [-0.4, -0.2) is 35.0 Å². The summed E-state index contributed by atoms with van der Waals surface area (Å²) in [4.78, 5) is 28.9. The highest BCUT2D eigenvalue weighted by molar-refractivity contribution is 7.80. The number of carboxylic acids is 1. The lowest BCUT2D eigenvalue weighted by molar-refractivity contribution is -0.305. The van der Waals surface area contributed by atoms with Crippen LogP contribution < -0.4 is 19.6 Å². The van der Waals surface area contributed by atoms with Crippen LogP contribution in [0.2, 0.25) is 0 Å². The van der Waals surface area contributed by atoms with E-state index in [0.29, 0.717) is 18.1 Å². The summed E-state index contributed by atoms with van der Waals surface area (Å²) in [6.45, 7) is 2.13. The van der Waals surface area contributed by atoms with Crippen LogP contribution >= 0.6 is 12.2 Å². The molecule has 0 unspecified atom stereocenters. The number of hydrogen-bond acceptors (Lipinski definition) is 6. The van der Waals surface area contributed by atoms with Crippen molar-refractivity contribution >= 4 is 40.6 Å². The summed E-state index contributed by atoms with van der Waals surface area (Å²) in [5.41, 5.74) is 1.62. The molecule has 2 aromatic carbocycles. The van der Waals surface area contributed by atoms with Crippen molar-refractivity contribution in [2.45, 2.75) is 6.92 Å². The highest BCUT2D eigenvalue weighted by atomic mass is 32.1. The van der Waals surface area contributed by atoms with Crippen LogP contribution in [0.4, 0.5) is 11.4 Å². The first-order valence-corrected chi connectivity index (χ1v) is 9.79. The molecule has 0 radical (unpaired) electrons. The predicted octanol–water partition coefficient (Wildman–Crippen LogP) is 2.01. The van der Waals surface area contributed by atoms with Gasteiger partial charge in [-0.1, -0.05) is 30.3 Å². The fourth-order valence-electron chi connectivity index (χ4n) is 3.44. The molecule has 8 heteroatoms. The molecule has 4 rings (SSSR count). The summed E-state index contributed by atoms with van der Waals surface area (Å²) in [5, 5.41) is 11.4. The molecule has 7 nitrogen and oxygen atoms in total. The van der Waals surface area contributed by atoms with Crippen LogP contribution in [0.1, 0.15) is 6.92 Å². The Morgan fingerprint density at radius 1 is 1.07 bits per heavy atom. The van der Waals surface area contributed by atoms with Crippen LogP contribution in [-0.2, 0) is 9.59 Å². The smallest absolute Gasteiger partial charge is 0.281 e. The third-order valence-corrected chi connectivity index (χ3v) is 5.18. The fraction of sp³-hybridized carbons (Fsp3) is 0.136. The average molecular weight is 420 g/mol. The number of aliphatic carboxylic acids is 1. The van der Waals surface area contributed by atoms with E-state index in [9.17, 15) is 14.7 Å². The van der Waals surface area contributed by atoms with E-state index in [-0.39, 0.29) is 10.8 Å². The highest BCUT2D eigenvalue weighted by Gasteiger charge is 2.38. The summed E-state index contributed by atoms with van der Waals surface area (Å²) in [6, 6.07) is 16.5. The molecule has 1 amide bonds. The molecule has 2 aliphatic heterocycles. The lowest BCUT2D eigenvalue weighted by Crippen LogP contribution is -2.40. The first-order valence-electron chi connectivity index (χ1n) is 9.38. The second-order valence-electron chi connectivity index (χ2n) is 6.59. The first kappa shape index (κ1) is 19.7. The number of benzene rings is 2. The molecule has 1 saturated heterocycles. The van der Waals surface area contributed by atoms with E-state index in [4.69, 9.17) is 17.0 Å². The third-order valence-electron chi connectivity index (χ3n) is 4.77. The van der Waals surface area contributed by atoms with Gasteiger partial charge in [0.25, 0.3) is 5.91 Å². The fourth-order valence-corrected chi connectivity index (χ4v) is 3.79. The molecule has 0 aromatic heterocycles. The molecule has 0 N–H and O–H groups in total. The van der Waals surface area contributed by atoms with Gasteiger partial charge in [0, 0.05) is 12.6 Å². The second kappa shape index (κ2) is 8.00. The molecular formula is C22H18N3O4S-. The van der Waals surface area contributed by atoms with Crippen molar-refractivity contribution in [3.63, 3.8) is 0 Å². The number of anilines is 2. The topological polar surface area (TPSA) is 76.2 Å². The number of fused-ring (bicyclic) bond motifs is 1. The third kappa shape index (κ3) is 3.42. The molecule has 0 spiro atoms. The Hall–Kier alpha value is -3.65. The van der Waals surface area contributed by atoms with Gasteiger partial charge in [-0.2, -0.15) is 0 Å². The van der Waals surface area contributed by atoms with Gasteiger partial charge in [0.15, 0.2) is 10.9 Å². The van der Waals surface area contributed by atoms with Crippen molar-refractivity contribution in [1.29, 1.82) is 0 Å². The van der Waals surface area contributed by atoms with E-state index in [1.54, 1.807) is 30.3 Å². The van der Waals surface area contributed by atoms with Crippen LogP contribution in [0.25, 0.3) is 0 Å². The number of thiocarbonyl (C=S) groups is 1. The lowest BCUT2D eigenvalue weighted by atomic mass is 10.2. The predicted molar refractivity (Wildman–Crippen MR) is 114 cm³/mol. The van der Waals surface area contributed by atoms with E-state index in [2.05, 4.69) is 0 Å². The van der Waals surface area contributed by atoms with Crippen molar-refractivity contribution in [3.8, 4) is 5.75 Å². The summed E-state index contributed by atoms with van der Waals surface area (Å²) in [7, 11) is 0. The maximum Gasteiger partial charge on any atom is 0.281 e. The van der Waals surface area contributed by atoms with Crippen molar-refractivity contribution in [2.75, 3.05) is 22.9 Å². The van der Waals surface area contributed by atoms with Crippen molar-refractivity contribution < 1.29 is 19.4 Å². The summed E-state index contributed by atoms with van der Waals surface area (Å²) < 4.78 is 5.90. The molecule has 2 aliphatic rings. The Kier molecular flexibility index (Phi) is 5.24. The zero-order valence-corrected chi connectivity index (χ0v) is 17.0. The minimum Gasteiger partial charge on any atom is -0.548 e. The van der Waals surface area contributed by atoms with Gasteiger partial charge in [0.2, 0.25) is 5.88 Å². The molecule has 2 heterocycles. The van der Waals surface area contributed by atoms with Crippen LogP contribution in [0.3, 0.4) is 0 Å². The van der Waals surface area contributed by atoms with Gasteiger partial charge in [-0.05, 0) is 49.5 Å². The van der Waals surface area contributed by atoms with Gasteiger partial charge in [0.05, 0.1) is 23.9 Å². The van der Waals surface area contributed by atoms with Gasteiger partial charge in [-0.25, -0.2) is 0 Å². The molecule has 152 valence electrons. The molecule has 0 atom stereocenters. The summed E-state index contributed by atoms with van der Waals surface area (Å²) >= 11 is 5.40. The summed E-state index contributed by atoms with van der Waals surface area (Å²) in [5.74, 6) is -0.493. The van der Waals surface area contributed by atoms with Gasteiger partial charge < -0.3 is 24.4 Å². The normalized spacial score (nSPS) is 18.4. The molecular weight excluding hydrogens is 402 g/mol. The van der Waals surface area contributed by atoms with Crippen LogP contribution in [0.5, 0.6) is 5.75 Å². The Bertz CT molecular complexity index is 1080. The second-order valence-corrected chi connectivity index (χ2v) is 6.95. The Morgan fingerprint density at radius 2 is 1.77 bits per heavy atom. The number of ether oxygens (including phenoxy) is 1. The minimum atomic E-state index is -1.33. The van der Waals surface area contributed by atoms with Crippen molar-refractivity contribution in [1.82, 2.24) is 4.90 Å². The molecule has 30 heavy (non-hydrogen) atoms. The Balaban J connectivity index is 1.71. The Morgan fingerprint density at radius 3 is 2.47 bits per heavy atom. The van der Waals surface area contributed by atoms with Crippen molar-refractivity contribution in [2.24, 2.45) is 0 Å². The number of carbonyl (C=O) groups is 2. The number of hydrogen-bond donors (Lipinski definition) is 0. The largest absolute Gasteiger partial charge is 0.548 e. The van der Waals surface area contributed by atoms with Crippen molar-refractivity contribution in [3.05, 3.63) is 78.3 Å².